The number of ether oxygens (including phenoxy) is 1. The van der Waals surface area contributed by atoms with Crippen LogP contribution in [0.5, 0.6) is 0 Å². The predicted molar refractivity (Wildman–Crippen MR) is 79.3 cm³/mol. The first kappa shape index (κ1) is 14.0. The minimum absolute atomic E-state index is 0.275. The van der Waals surface area contributed by atoms with Gasteiger partial charge >= 0.3 is 5.97 Å². The number of benzene rings is 1. The molecule has 0 saturated carbocycles. The van der Waals surface area contributed by atoms with Crippen LogP contribution in [0, 0.1) is 0 Å². The molecule has 0 aliphatic heterocycles. The zero-order valence-corrected chi connectivity index (χ0v) is 13.8. The monoisotopic (exact) mass is 409 g/mol. The first-order valence-electron chi connectivity index (χ1n) is 4.73. The van der Waals surface area contributed by atoms with Gasteiger partial charge in [0.15, 0.2) is 9.61 Å². The second kappa shape index (κ2) is 5.69. The zero-order chi connectivity index (χ0) is 13.3. The van der Waals surface area contributed by atoms with E-state index in [0.29, 0.717) is 13.8 Å². The second-order valence-corrected chi connectivity index (χ2v) is 6.83. The Morgan fingerprint density at radius 3 is 2.83 bits per heavy atom. The van der Waals surface area contributed by atoms with Gasteiger partial charge in [0.05, 0.1) is 12.0 Å². The molecule has 7 heteroatoms. The Labute approximate surface area is 129 Å². The molecule has 0 N–H and O–H groups in total. The number of rotatable bonds is 2. The number of carbonyl (C=O) groups is 1. The van der Waals surface area contributed by atoms with Crippen LogP contribution in [0.1, 0.15) is 10.5 Å². The summed E-state index contributed by atoms with van der Waals surface area (Å²) in [6.45, 7) is 0. The molecule has 18 heavy (non-hydrogen) atoms. The number of hydrogen-bond acceptors (Lipinski definition) is 4. The molecule has 3 nitrogen and oxygen atoms in total. The molecule has 94 valence electrons. The summed E-state index contributed by atoms with van der Waals surface area (Å²) >= 11 is 14.0. The van der Waals surface area contributed by atoms with E-state index in [9.17, 15) is 4.79 Å². The minimum Gasteiger partial charge on any atom is -0.464 e. The molecule has 1 aromatic carbocycles. The summed E-state index contributed by atoms with van der Waals surface area (Å²) in [7, 11) is 1.33. The lowest BCUT2D eigenvalue weighted by Gasteiger charge is -2.04. The fraction of sp³-hybridized carbons (Fsp3) is 0.0909. The van der Waals surface area contributed by atoms with Crippen molar-refractivity contribution in [3.05, 3.63) is 37.3 Å². The quantitative estimate of drug-likeness (QED) is 0.668. The lowest BCUT2D eigenvalue weighted by atomic mass is 10.1. The van der Waals surface area contributed by atoms with E-state index in [2.05, 4.69) is 36.8 Å². The first-order chi connectivity index (χ1) is 8.52. The van der Waals surface area contributed by atoms with Gasteiger partial charge in [0.25, 0.3) is 0 Å². The van der Waals surface area contributed by atoms with E-state index < -0.39 is 5.97 Å². The Bertz CT molecular complexity index is 615. The van der Waals surface area contributed by atoms with Gasteiger partial charge in [-0.05, 0) is 34.1 Å². The number of halogens is 3. The summed E-state index contributed by atoms with van der Waals surface area (Å²) in [6.07, 6.45) is 0. The Balaban J connectivity index is 2.63. The summed E-state index contributed by atoms with van der Waals surface area (Å²) in [5.41, 5.74) is 1.09. The van der Waals surface area contributed by atoms with Crippen molar-refractivity contribution < 1.29 is 9.53 Å². The van der Waals surface area contributed by atoms with Gasteiger partial charge in [-0.1, -0.05) is 27.5 Å². The summed E-state index contributed by atoms with van der Waals surface area (Å²) < 4.78 is 6.17. The van der Waals surface area contributed by atoms with Crippen molar-refractivity contribution in [3.63, 3.8) is 0 Å². The number of esters is 1. The third-order valence-corrected chi connectivity index (χ3v) is 4.62. The van der Waals surface area contributed by atoms with Crippen molar-refractivity contribution in [1.82, 2.24) is 4.98 Å². The highest BCUT2D eigenvalue weighted by atomic mass is 79.9. The van der Waals surface area contributed by atoms with Crippen molar-refractivity contribution in [3.8, 4) is 10.4 Å². The standard InChI is InChI=1S/C11H6Br2ClNO2S/c1-17-10(16)8-9(18-11(13)15-8)6-4-5(14)2-3-7(6)12/h2-4H,1H3. The number of methoxy groups -OCH3 is 1. The van der Waals surface area contributed by atoms with Crippen molar-refractivity contribution in [2.75, 3.05) is 7.11 Å². The molecule has 0 atom stereocenters. The molecular formula is C11H6Br2ClNO2S. The number of nitrogens with zero attached hydrogens (tertiary/aromatic N) is 1. The van der Waals surface area contributed by atoms with E-state index in [0.717, 1.165) is 10.0 Å². The van der Waals surface area contributed by atoms with E-state index in [-0.39, 0.29) is 5.69 Å². The maximum absolute atomic E-state index is 11.7. The Morgan fingerprint density at radius 2 is 2.17 bits per heavy atom. The molecule has 0 aliphatic carbocycles. The van der Waals surface area contributed by atoms with Crippen LogP contribution in [-0.2, 0) is 4.74 Å². The van der Waals surface area contributed by atoms with E-state index in [1.807, 2.05) is 6.07 Å². The predicted octanol–water partition coefficient (Wildman–Crippen LogP) is 4.78. The number of aromatic nitrogens is 1. The molecule has 0 fully saturated rings. The second-order valence-electron chi connectivity index (χ2n) is 3.26. The lowest BCUT2D eigenvalue weighted by molar-refractivity contribution is 0.0595. The Hall–Kier alpha value is -0.430. The summed E-state index contributed by atoms with van der Waals surface area (Å²) in [4.78, 5) is 16.5. The lowest BCUT2D eigenvalue weighted by Crippen LogP contribution is -2.03. The van der Waals surface area contributed by atoms with Crippen LogP contribution in [0.3, 0.4) is 0 Å². The molecule has 0 radical (unpaired) electrons. The van der Waals surface area contributed by atoms with Crippen LogP contribution in [0.25, 0.3) is 10.4 Å². The molecule has 1 heterocycles. The smallest absolute Gasteiger partial charge is 0.358 e. The molecular weight excluding hydrogens is 405 g/mol. The maximum Gasteiger partial charge on any atom is 0.358 e. The molecule has 0 unspecified atom stereocenters. The maximum atomic E-state index is 11.7. The fourth-order valence-electron chi connectivity index (χ4n) is 1.38. The van der Waals surface area contributed by atoms with Crippen LogP contribution in [-0.4, -0.2) is 18.1 Å². The molecule has 0 bridgehead atoms. The van der Waals surface area contributed by atoms with Crippen LogP contribution in [0.15, 0.2) is 26.6 Å². The van der Waals surface area contributed by atoms with Crippen molar-refractivity contribution in [1.29, 1.82) is 0 Å². The van der Waals surface area contributed by atoms with Gasteiger partial charge in [-0.15, -0.1) is 11.3 Å². The molecule has 2 rings (SSSR count). The van der Waals surface area contributed by atoms with Gasteiger partial charge in [0, 0.05) is 15.1 Å². The van der Waals surface area contributed by atoms with Gasteiger partial charge in [0.1, 0.15) is 0 Å². The largest absolute Gasteiger partial charge is 0.464 e. The van der Waals surface area contributed by atoms with E-state index in [1.54, 1.807) is 12.1 Å². The fourth-order valence-corrected chi connectivity index (χ4v) is 3.60. The van der Waals surface area contributed by atoms with Crippen molar-refractivity contribution in [2.24, 2.45) is 0 Å². The zero-order valence-electron chi connectivity index (χ0n) is 9.04. The topological polar surface area (TPSA) is 39.2 Å². The number of carbonyl (C=O) groups excluding carboxylic acids is 1. The summed E-state index contributed by atoms with van der Waals surface area (Å²) in [5, 5.41) is 0.591. The van der Waals surface area contributed by atoms with E-state index >= 15 is 0 Å². The highest BCUT2D eigenvalue weighted by molar-refractivity contribution is 9.11. The molecule has 1 aromatic heterocycles. The van der Waals surface area contributed by atoms with E-state index in [4.69, 9.17) is 16.3 Å². The molecule has 0 saturated heterocycles. The van der Waals surface area contributed by atoms with Gasteiger partial charge < -0.3 is 4.74 Å². The normalized spacial score (nSPS) is 10.4. The highest BCUT2D eigenvalue weighted by Gasteiger charge is 2.21. The van der Waals surface area contributed by atoms with Gasteiger partial charge in [0.2, 0.25) is 0 Å². The molecule has 0 amide bonds. The molecule has 0 spiro atoms. The van der Waals surface area contributed by atoms with Crippen molar-refractivity contribution in [2.45, 2.75) is 0 Å². The molecule has 0 aliphatic rings. The summed E-state index contributed by atoms with van der Waals surface area (Å²) in [6, 6.07) is 5.37. The average molecular weight is 412 g/mol. The van der Waals surface area contributed by atoms with Crippen LogP contribution < -0.4 is 0 Å². The Morgan fingerprint density at radius 1 is 1.44 bits per heavy atom. The van der Waals surface area contributed by atoms with Crippen LogP contribution in [0.2, 0.25) is 5.02 Å². The minimum atomic E-state index is -0.473. The average Bonchev–Trinajstić information content (AvgIpc) is 2.73. The first-order valence-corrected chi connectivity index (χ1v) is 7.51. The molecule has 2 aromatic rings. The van der Waals surface area contributed by atoms with Gasteiger partial charge in [-0.25, -0.2) is 9.78 Å². The van der Waals surface area contributed by atoms with Crippen LogP contribution in [0.4, 0.5) is 0 Å². The highest BCUT2D eigenvalue weighted by Crippen LogP contribution is 2.38. The van der Waals surface area contributed by atoms with Gasteiger partial charge in [-0.3, -0.25) is 0 Å². The Kier molecular flexibility index (Phi) is 4.42. The van der Waals surface area contributed by atoms with Gasteiger partial charge in [-0.2, -0.15) is 0 Å². The SMILES string of the molecule is COC(=O)c1nc(Br)sc1-c1cc(Cl)ccc1Br. The third-order valence-electron chi connectivity index (χ3n) is 2.15. The van der Waals surface area contributed by atoms with E-state index in [1.165, 1.54) is 18.4 Å². The number of hydrogen-bond donors (Lipinski definition) is 0. The number of thiazole rings is 1. The van der Waals surface area contributed by atoms with Crippen molar-refractivity contribution >= 4 is 60.8 Å². The summed E-state index contributed by atoms with van der Waals surface area (Å²) in [5.74, 6) is -0.473. The van der Waals surface area contributed by atoms with Crippen LogP contribution >= 0.6 is 54.8 Å². The third kappa shape index (κ3) is 2.77.